The Bertz CT molecular complexity index is 1190. The molecule has 0 spiro atoms. The van der Waals surface area contributed by atoms with Gasteiger partial charge in [0.15, 0.2) is 0 Å². The van der Waals surface area contributed by atoms with Crippen LogP contribution in [-0.2, 0) is 17.9 Å². The van der Waals surface area contributed by atoms with E-state index in [-0.39, 0.29) is 17.9 Å². The monoisotopic (exact) mass is 475 g/mol. The van der Waals surface area contributed by atoms with Gasteiger partial charge in [-0.25, -0.2) is 0 Å². The average molecular weight is 476 g/mol. The van der Waals surface area contributed by atoms with Crippen LogP contribution in [0.4, 0.5) is 0 Å². The van der Waals surface area contributed by atoms with Gasteiger partial charge in [0.2, 0.25) is 5.91 Å². The van der Waals surface area contributed by atoms with Gasteiger partial charge < -0.3 is 23.9 Å². The van der Waals surface area contributed by atoms with E-state index in [1.807, 2.05) is 60.0 Å². The van der Waals surface area contributed by atoms with Gasteiger partial charge in [-0.15, -0.1) is 0 Å². The summed E-state index contributed by atoms with van der Waals surface area (Å²) in [6.07, 6.45) is 5.79. The first-order valence-electron chi connectivity index (χ1n) is 12.4. The number of methoxy groups -OCH3 is 1. The molecule has 2 aromatic heterocycles. The fourth-order valence-corrected chi connectivity index (χ4v) is 5.32. The Labute approximate surface area is 206 Å². The van der Waals surface area contributed by atoms with Crippen molar-refractivity contribution < 1.29 is 18.7 Å². The third kappa shape index (κ3) is 4.35. The maximum Gasteiger partial charge on any atom is 0.271 e. The van der Waals surface area contributed by atoms with E-state index in [1.165, 1.54) is 0 Å². The lowest BCUT2D eigenvalue weighted by Gasteiger charge is -2.45. The number of aromatic nitrogens is 1. The smallest absolute Gasteiger partial charge is 0.271 e. The number of hydrogen-bond donors (Lipinski definition) is 1. The van der Waals surface area contributed by atoms with Crippen molar-refractivity contribution in [1.82, 2.24) is 14.8 Å². The normalized spacial score (nSPS) is 24.2. The second-order valence-corrected chi connectivity index (χ2v) is 10.1. The van der Waals surface area contributed by atoms with E-state index in [9.17, 15) is 9.59 Å². The van der Waals surface area contributed by atoms with Gasteiger partial charge >= 0.3 is 0 Å². The predicted octanol–water partition coefficient (Wildman–Crippen LogP) is 4.87. The first kappa shape index (κ1) is 23.3. The van der Waals surface area contributed by atoms with E-state index in [1.54, 1.807) is 18.3 Å². The molecule has 1 saturated carbocycles. The molecule has 2 aliphatic rings. The average Bonchev–Trinajstić information content (AvgIpc) is 3.53. The highest BCUT2D eigenvalue weighted by molar-refractivity contribution is 6.00. The number of furan rings is 1. The quantitative estimate of drug-likeness (QED) is 0.552. The summed E-state index contributed by atoms with van der Waals surface area (Å²) >= 11 is 0. The number of ether oxygens (including phenoxy) is 1. The highest BCUT2D eigenvalue weighted by Gasteiger charge is 2.48. The molecule has 0 radical (unpaired) electrons. The van der Waals surface area contributed by atoms with Crippen molar-refractivity contribution >= 4 is 11.8 Å². The number of hydrogen-bond acceptors (Lipinski definition) is 4. The van der Waals surface area contributed by atoms with Gasteiger partial charge in [0.05, 0.1) is 25.6 Å². The van der Waals surface area contributed by atoms with Crippen molar-refractivity contribution in [2.45, 2.75) is 64.2 Å². The molecule has 1 N–H and O–H groups in total. The minimum atomic E-state index is -1.06. The Kier molecular flexibility index (Phi) is 6.17. The topological polar surface area (TPSA) is 76.7 Å². The van der Waals surface area contributed by atoms with Crippen molar-refractivity contribution in [3.63, 3.8) is 0 Å². The first-order valence-corrected chi connectivity index (χ1v) is 12.4. The molecule has 5 rings (SSSR count). The second-order valence-electron chi connectivity index (χ2n) is 10.1. The molecule has 1 atom stereocenters. The van der Waals surface area contributed by atoms with E-state index in [0.29, 0.717) is 30.5 Å². The van der Waals surface area contributed by atoms with E-state index in [2.05, 4.69) is 12.2 Å². The Balaban J connectivity index is 1.49. The molecule has 3 aromatic rings. The van der Waals surface area contributed by atoms with Crippen molar-refractivity contribution in [2.24, 2.45) is 5.92 Å². The molecule has 35 heavy (non-hydrogen) atoms. The van der Waals surface area contributed by atoms with Crippen molar-refractivity contribution in [3.05, 3.63) is 66.1 Å². The van der Waals surface area contributed by atoms with Gasteiger partial charge in [0.25, 0.3) is 5.91 Å². The van der Waals surface area contributed by atoms with Gasteiger partial charge in [0, 0.05) is 12.6 Å². The minimum Gasteiger partial charge on any atom is -0.497 e. The van der Waals surface area contributed by atoms with Gasteiger partial charge in [-0.1, -0.05) is 19.1 Å². The Morgan fingerprint density at radius 2 is 1.80 bits per heavy atom. The summed E-state index contributed by atoms with van der Waals surface area (Å²) in [7, 11) is 1.63. The van der Waals surface area contributed by atoms with Crippen LogP contribution in [0.25, 0.3) is 11.5 Å². The molecule has 1 aliphatic heterocycles. The SMILES string of the molecule is COc1ccc(CN2C(=O)c3ccc(-c4ccco4)n3CC2(C)C(=O)NC2CCC(C)CC2)cc1. The number of benzene rings is 1. The molecule has 0 saturated heterocycles. The second kappa shape index (κ2) is 9.29. The van der Waals surface area contributed by atoms with E-state index < -0.39 is 5.54 Å². The van der Waals surface area contributed by atoms with Crippen LogP contribution < -0.4 is 10.1 Å². The minimum absolute atomic E-state index is 0.108. The lowest BCUT2D eigenvalue weighted by Crippen LogP contribution is -2.64. The molecule has 2 amide bonds. The molecule has 0 bridgehead atoms. The van der Waals surface area contributed by atoms with Crippen LogP contribution in [0.3, 0.4) is 0 Å². The summed E-state index contributed by atoms with van der Waals surface area (Å²) in [5, 5.41) is 3.29. The van der Waals surface area contributed by atoms with Crippen molar-refractivity contribution in [3.8, 4) is 17.2 Å². The van der Waals surface area contributed by atoms with Crippen LogP contribution >= 0.6 is 0 Å². The molecule has 3 heterocycles. The lowest BCUT2D eigenvalue weighted by molar-refractivity contribution is -0.134. The highest BCUT2D eigenvalue weighted by Crippen LogP contribution is 2.35. The number of carbonyl (C=O) groups is 2. The molecule has 1 fully saturated rings. The van der Waals surface area contributed by atoms with Crippen LogP contribution in [0.1, 0.15) is 55.6 Å². The molecule has 184 valence electrons. The van der Waals surface area contributed by atoms with E-state index >= 15 is 0 Å². The van der Waals surface area contributed by atoms with Crippen LogP contribution in [0, 0.1) is 5.92 Å². The predicted molar refractivity (Wildman–Crippen MR) is 133 cm³/mol. The number of amides is 2. The summed E-state index contributed by atoms with van der Waals surface area (Å²) < 4.78 is 12.8. The molecule has 1 unspecified atom stereocenters. The standard InChI is InChI=1S/C28H33N3O4/c1-19-6-10-21(11-7-19)29-27(33)28(2)18-30-23(25-5-4-16-35-25)14-15-24(30)26(32)31(28)17-20-8-12-22(34-3)13-9-20/h4-5,8-9,12-16,19,21H,6-7,10-11,17-18H2,1-3H3,(H,29,33). The Hall–Kier alpha value is -3.48. The van der Waals surface area contributed by atoms with Crippen LogP contribution in [-0.4, -0.2) is 40.0 Å². The number of carbonyl (C=O) groups excluding carboxylic acids is 2. The number of rotatable bonds is 6. The maximum absolute atomic E-state index is 13.9. The lowest BCUT2D eigenvalue weighted by atomic mass is 9.86. The zero-order chi connectivity index (χ0) is 24.6. The summed E-state index contributed by atoms with van der Waals surface area (Å²) in [6, 6.07) is 15.2. The third-order valence-electron chi connectivity index (χ3n) is 7.62. The van der Waals surface area contributed by atoms with E-state index in [0.717, 1.165) is 42.7 Å². The maximum atomic E-state index is 13.9. The molecular formula is C28H33N3O4. The van der Waals surface area contributed by atoms with Crippen molar-refractivity contribution in [2.75, 3.05) is 7.11 Å². The number of nitrogens with one attached hydrogen (secondary N) is 1. The van der Waals surface area contributed by atoms with Crippen molar-refractivity contribution in [1.29, 1.82) is 0 Å². The largest absolute Gasteiger partial charge is 0.497 e. The zero-order valence-corrected chi connectivity index (χ0v) is 20.6. The van der Waals surface area contributed by atoms with Gasteiger partial charge in [-0.05, 0) is 80.5 Å². The molecule has 1 aromatic carbocycles. The molecule has 7 heteroatoms. The van der Waals surface area contributed by atoms with Crippen LogP contribution in [0.15, 0.2) is 59.2 Å². The van der Waals surface area contributed by atoms with Crippen LogP contribution in [0.5, 0.6) is 5.75 Å². The number of nitrogens with zero attached hydrogens (tertiary/aromatic N) is 2. The van der Waals surface area contributed by atoms with Gasteiger partial charge in [0.1, 0.15) is 22.7 Å². The summed E-state index contributed by atoms with van der Waals surface area (Å²) in [4.78, 5) is 29.5. The molecule has 7 nitrogen and oxygen atoms in total. The highest BCUT2D eigenvalue weighted by atomic mass is 16.5. The van der Waals surface area contributed by atoms with Gasteiger partial charge in [-0.2, -0.15) is 0 Å². The Morgan fingerprint density at radius 3 is 2.46 bits per heavy atom. The summed E-state index contributed by atoms with van der Waals surface area (Å²) in [5.74, 6) is 1.85. The van der Waals surface area contributed by atoms with E-state index in [4.69, 9.17) is 9.15 Å². The molecule has 1 aliphatic carbocycles. The third-order valence-corrected chi connectivity index (χ3v) is 7.62. The van der Waals surface area contributed by atoms with Crippen LogP contribution in [0.2, 0.25) is 0 Å². The fraction of sp³-hybridized carbons (Fsp3) is 0.429. The Morgan fingerprint density at radius 1 is 1.09 bits per heavy atom. The zero-order valence-electron chi connectivity index (χ0n) is 20.6. The molecular weight excluding hydrogens is 442 g/mol. The summed E-state index contributed by atoms with van der Waals surface area (Å²) in [6.45, 7) is 4.82. The van der Waals surface area contributed by atoms with Gasteiger partial charge in [-0.3, -0.25) is 9.59 Å². The fourth-order valence-electron chi connectivity index (χ4n) is 5.32. The summed E-state index contributed by atoms with van der Waals surface area (Å²) in [5.41, 5.74) is 1.23. The number of fused-ring (bicyclic) bond motifs is 1. The first-order chi connectivity index (χ1) is 16.9.